The first-order valence-electron chi connectivity index (χ1n) is 13.1. The van der Waals surface area contributed by atoms with Crippen LogP contribution in [0.2, 0.25) is 5.02 Å². The van der Waals surface area contributed by atoms with Crippen molar-refractivity contribution in [1.29, 1.82) is 0 Å². The van der Waals surface area contributed by atoms with E-state index in [-0.39, 0.29) is 31.7 Å². The van der Waals surface area contributed by atoms with Crippen LogP contribution < -0.4 is 15.4 Å². The average Bonchev–Trinajstić information content (AvgIpc) is 3.39. The maximum atomic E-state index is 13.9. The molecule has 1 saturated heterocycles. The number of fused-ring (bicyclic) bond motifs is 1. The molecule has 14 heteroatoms. The van der Waals surface area contributed by atoms with Crippen LogP contribution in [0.4, 0.5) is 30.8 Å². The number of piperidine rings is 1. The van der Waals surface area contributed by atoms with Gasteiger partial charge in [-0.3, -0.25) is 0 Å². The van der Waals surface area contributed by atoms with E-state index < -0.39 is 23.4 Å². The largest absolute Gasteiger partial charge is 0.489 e. The number of likely N-dealkylation sites (tertiary alicyclic amines) is 1. The Labute approximate surface area is 252 Å². The van der Waals surface area contributed by atoms with E-state index in [1.165, 1.54) is 17.3 Å². The molecular weight excluding hydrogens is 593 g/mol. The van der Waals surface area contributed by atoms with Gasteiger partial charge in [0.15, 0.2) is 5.82 Å². The van der Waals surface area contributed by atoms with Gasteiger partial charge in [0.05, 0.1) is 30.4 Å². The molecule has 0 radical (unpaired) electrons. The number of amides is 2. The number of carbonyl (C=O) groups excluding carboxylic acids is 1. The first-order valence-corrected chi connectivity index (χ1v) is 13.5. The smallest absolute Gasteiger partial charge is 0.322 e. The average molecular weight is 623 g/mol. The maximum absolute atomic E-state index is 13.9. The first kappa shape index (κ1) is 31.2. The van der Waals surface area contributed by atoms with Gasteiger partial charge in [-0.05, 0) is 36.4 Å². The molecule has 0 unspecified atom stereocenters. The first-order chi connectivity index (χ1) is 19.9. The van der Waals surface area contributed by atoms with E-state index in [0.29, 0.717) is 61.4 Å². The number of anilines is 3. The minimum atomic E-state index is -0.828. The second-order valence-corrected chi connectivity index (χ2v) is 9.81. The second-order valence-electron chi connectivity index (χ2n) is 9.40. The molecule has 2 aromatic carbocycles. The fourth-order valence-corrected chi connectivity index (χ4v) is 4.84. The number of aliphatic hydroxyl groups excluding tert-OH is 1. The molecule has 3 N–H and O–H groups in total. The highest BCUT2D eigenvalue weighted by atomic mass is 35.5. The summed E-state index contributed by atoms with van der Waals surface area (Å²) in [5.74, 6) is -0.546. The minimum absolute atomic E-state index is 0. The van der Waals surface area contributed by atoms with Gasteiger partial charge in [0, 0.05) is 44.4 Å². The Morgan fingerprint density at radius 2 is 1.86 bits per heavy atom. The van der Waals surface area contributed by atoms with Gasteiger partial charge in [-0.1, -0.05) is 17.7 Å². The fourth-order valence-electron chi connectivity index (χ4n) is 4.61. The minimum Gasteiger partial charge on any atom is -0.489 e. The van der Waals surface area contributed by atoms with Crippen molar-refractivity contribution in [2.45, 2.75) is 25.5 Å². The number of hydrogen-bond acceptors (Lipinski definition) is 7. The third kappa shape index (κ3) is 7.37. The molecule has 0 aliphatic carbocycles. The van der Waals surface area contributed by atoms with Gasteiger partial charge >= 0.3 is 6.03 Å². The number of urea groups is 1. The number of ether oxygens (including phenoxy) is 2. The van der Waals surface area contributed by atoms with Gasteiger partial charge in [0.1, 0.15) is 41.0 Å². The van der Waals surface area contributed by atoms with E-state index in [1.54, 1.807) is 12.1 Å². The summed E-state index contributed by atoms with van der Waals surface area (Å²) < 4.78 is 41.3. The van der Waals surface area contributed by atoms with Crippen molar-refractivity contribution < 1.29 is 28.2 Å². The van der Waals surface area contributed by atoms with Crippen molar-refractivity contribution >= 4 is 58.3 Å². The lowest BCUT2D eigenvalue weighted by Gasteiger charge is -2.32. The Kier molecular flexibility index (Phi) is 10.7. The summed E-state index contributed by atoms with van der Waals surface area (Å²) >= 11 is 6.56. The topological polar surface area (TPSA) is 114 Å². The van der Waals surface area contributed by atoms with E-state index in [0.717, 1.165) is 23.2 Å². The summed E-state index contributed by atoms with van der Waals surface area (Å²) in [4.78, 5) is 22.8. The molecule has 4 aromatic rings. The van der Waals surface area contributed by atoms with E-state index >= 15 is 0 Å². The molecule has 2 amide bonds. The van der Waals surface area contributed by atoms with Crippen LogP contribution >= 0.6 is 24.0 Å². The molecule has 10 nitrogen and oxygen atoms in total. The molecule has 224 valence electrons. The summed E-state index contributed by atoms with van der Waals surface area (Å²) in [5.41, 5.74) is 1.83. The third-order valence-corrected chi connectivity index (χ3v) is 6.97. The predicted molar refractivity (Wildman–Crippen MR) is 158 cm³/mol. The maximum Gasteiger partial charge on any atom is 0.322 e. The van der Waals surface area contributed by atoms with Gasteiger partial charge < -0.3 is 34.7 Å². The number of halogens is 4. The molecule has 5 rings (SSSR count). The van der Waals surface area contributed by atoms with Gasteiger partial charge in [-0.15, -0.1) is 12.4 Å². The number of aliphatic hydroxyl groups is 1. The Morgan fingerprint density at radius 1 is 1.10 bits per heavy atom. The van der Waals surface area contributed by atoms with Crippen LogP contribution in [-0.4, -0.2) is 69.6 Å². The van der Waals surface area contributed by atoms with Crippen molar-refractivity contribution in [2.75, 3.05) is 43.5 Å². The molecule has 3 heterocycles. The zero-order valence-electron chi connectivity index (χ0n) is 22.4. The van der Waals surface area contributed by atoms with Crippen molar-refractivity contribution in [1.82, 2.24) is 19.4 Å². The van der Waals surface area contributed by atoms with Gasteiger partial charge in [-0.2, -0.15) is 0 Å². The Morgan fingerprint density at radius 3 is 2.57 bits per heavy atom. The zero-order valence-corrected chi connectivity index (χ0v) is 24.0. The lowest BCUT2D eigenvalue weighted by atomic mass is 10.1. The molecule has 1 aliphatic rings. The lowest BCUT2D eigenvalue weighted by molar-refractivity contribution is 0.0875. The fraction of sp³-hybridized carbons (Fsp3) is 0.321. The second kappa shape index (κ2) is 14.5. The van der Waals surface area contributed by atoms with Gasteiger partial charge in [-0.25, -0.2) is 23.5 Å². The number of carbonyl (C=O) groups is 1. The zero-order chi connectivity index (χ0) is 28.8. The van der Waals surface area contributed by atoms with E-state index in [1.807, 2.05) is 22.9 Å². The number of rotatable bonds is 10. The highest BCUT2D eigenvalue weighted by Gasteiger charge is 2.26. The van der Waals surface area contributed by atoms with Crippen molar-refractivity contribution in [3.05, 3.63) is 71.6 Å². The molecule has 1 fully saturated rings. The SMILES string of the molecule is Cl.O=C(Nc1c(F)cccc1F)N1CCC(Oc2ccc(Nc3ncnc4ccn(CCOCCO)c34)cc2Cl)CC1. The number of nitrogens with one attached hydrogen (secondary N) is 2. The number of hydrogen-bond donors (Lipinski definition) is 3. The highest BCUT2D eigenvalue weighted by Crippen LogP contribution is 2.32. The lowest BCUT2D eigenvalue weighted by Crippen LogP contribution is -2.44. The normalized spacial score (nSPS) is 13.6. The summed E-state index contributed by atoms with van der Waals surface area (Å²) in [6.45, 7) is 1.97. The Balaban J connectivity index is 0.00000405. The number of nitrogens with zero attached hydrogens (tertiary/aromatic N) is 4. The molecule has 0 spiro atoms. The van der Waals surface area contributed by atoms with Crippen LogP contribution in [0.15, 0.2) is 55.0 Å². The molecule has 1 aliphatic heterocycles. The Bertz CT molecular complexity index is 1500. The van der Waals surface area contributed by atoms with Crippen molar-refractivity contribution in [3.63, 3.8) is 0 Å². The number of para-hydroxylation sites is 1. The summed E-state index contributed by atoms with van der Waals surface area (Å²) in [6.07, 6.45) is 4.26. The standard InChI is InChI=1S/C28H29ClF2N6O4.ClH/c29-20-16-18(34-27-26-23(32-17-33-27)8-11-36(26)12-14-40-15-13-38)4-5-24(20)41-19-6-9-37(10-7-19)28(39)35-25-21(30)2-1-3-22(25)31;/h1-5,8,11,16-17,19,38H,6-7,9-10,12-15H2,(H,35,39)(H,32,33,34);1H. The molecule has 42 heavy (non-hydrogen) atoms. The van der Waals surface area contributed by atoms with Crippen LogP contribution in [0.1, 0.15) is 12.8 Å². The van der Waals surface area contributed by atoms with Crippen molar-refractivity contribution in [3.8, 4) is 5.75 Å². The van der Waals surface area contributed by atoms with Crippen LogP contribution in [0.25, 0.3) is 11.0 Å². The van der Waals surface area contributed by atoms with Crippen LogP contribution in [0, 0.1) is 11.6 Å². The summed E-state index contributed by atoms with van der Waals surface area (Å²) in [5, 5.41) is 14.9. The molecule has 0 bridgehead atoms. The van der Waals surface area contributed by atoms with E-state index in [2.05, 4.69) is 20.6 Å². The molecular formula is C28H30Cl2F2N6O4. The molecule has 0 saturated carbocycles. The van der Waals surface area contributed by atoms with Crippen LogP contribution in [0.3, 0.4) is 0 Å². The van der Waals surface area contributed by atoms with Crippen molar-refractivity contribution in [2.24, 2.45) is 0 Å². The van der Waals surface area contributed by atoms with E-state index in [9.17, 15) is 13.6 Å². The quantitative estimate of drug-likeness (QED) is 0.197. The van der Waals surface area contributed by atoms with Crippen LogP contribution in [-0.2, 0) is 11.3 Å². The highest BCUT2D eigenvalue weighted by molar-refractivity contribution is 6.32. The predicted octanol–water partition coefficient (Wildman–Crippen LogP) is 5.61. The number of aromatic nitrogens is 3. The van der Waals surface area contributed by atoms with Crippen LogP contribution in [0.5, 0.6) is 5.75 Å². The van der Waals surface area contributed by atoms with Gasteiger partial charge in [0.25, 0.3) is 0 Å². The number of benzene rings is 2. The van der Waals surface area contributed by atoms with Gasteiger partial charge in [0.2, 0.25) is 0 Å². The monoisotopic (exact) mass is 622 g/mol. The van der Waals surface area contributed by atoms with E-state index in [4.69, 9.17) is 26.2 Å². The molecule has 2 aromatic heterocycles. The third-order valence-electron chi connectivity index (χ3n) is 6.67. The summed E-state index contributed by atoms with van der Waals surface area (Å²) in [6, 6.07) is 10.1. The summed E-state index contributed by atoms with van der Waals surface area (Å²) in [7, 11) is 0. The Hall–Kier alpha value is -3.71. The molecule has 0 atom stereocenters.